The van der Waals surface area contributed by atoms with Gasteiger partial charge in [-0.05, 0) is 26.0 Å². The molecule has 0 saturated heterocycles. The van der Waals surface area contributed by atoms with E-state index in [9.17, 15) is 0 Å². The molecular weight excluding hydrogens is 150 g/mol. The van der Waals surface area contributed by atoms with Crippen LogP contribution in [-0.4, -0.2) is 15.7 Å². The standard InChI is InChI=1S/C9H11N3/c1-4-9(2,3)11-8-6-5-7-10-12-8/h1,5-7H,2-3H3,(H,11,12). The number of nitrogens with zero attached hydrogens (tertiary/aromatic N) is 2. The summed E-state index contributed by atoms with van der Waals surface area (Å²) in [6.07, 6.45) is 6.91. The van der Waals surface area contributed by atoms with Gasteiger partial charge in [-0.15, -0.1) is 11.5 Å². The molecular formula is C9H11N3. The fourth-order valence-corrected chi connectivity index (χ4v) is 0.724. The zero-order valence-corrected chi connectivity index (χ0v) is 7.20. The number of aromatic nitrogens is 2. The molecule has 0 spiro atoms. The van der Waals surface area contributed by atoms with Crippen molar-refractivity contribution in [1.82, 2.24) is 10.2 Å². The van der Waals surface area contributed by atoms with Gasteiger partial charge in [0.05, 0.1) is 5.54 Å². The second-order valence-corrected chi connectivity index (χ2v) is 3.00. The molecule has 0 aliphatic heterocycles. The Morgan fingerprint density at radius 2 is 2.33 bits per heavy atom. The van der Waals surface area contributed by atoms with Crippen molar-refractivity contribution in [1.29, 1.82) is 0 Å². The molecule has 3 heteroatoms. The van der Waals surface area contributed by atoms with Crippen molar-refractivity contribution in [2.75, 3.05) is 5.32 Å². The summed E-state index contributed by atoms with van der Waals surface area (Å²) in [5.41, 5.74) is -0.379. The quantitative estimate of drug-likeness (QED) is 0.664. The third kappa shape index (κ3) is 2.24. The average molecular weight is 161 g/mol. The van der Waals surface area contributed by atoms with Crippen molar-refractivity contribution in [2.24, 2.45) is 0 Å². The maximum absolute atomic E-state index is 5.29. The SMILES string of the molecule is C#CC(C)(C)Nc1cccnn1. The van der Waals surface area contributed by atoms with Gasteiger partial charge in [0.2, 0.25) is 0 Å². The minimum atomic E-state index is -0.379. The highest BCUT2D eigenvalue weighted by Gasteiger charge is 2.12. The minimum Gasteiger partial charge on any atom is -0.353 e. The molecule has 0 aromatic carbocycles. The van der Waals surface area contributed by atoms with Gasteiger partial charge in [-0.3, -0.25) is 0 Å². The van der Waals surface area contributed by atoms with E-state index in [-0.39, 0.29) is 5.54 Å². The van der Waals surface area contributed by atoms with Gasteiger partial charge >= 0.3 is 0 Å². The lowest BCUT2D eigenvalue weighted by Crippen LogP contribution is -2.28. The summed E-state index contributed by atoms with van der Waals surface area (Å²) in [4.78, 5) is 0. The van der Waals surface area contributed by atoms with Crippen LogP contribution in [0.4, 0.5) is 5.82 Å². The third-order valence-corrected chi connectivity index (χ3v) is 1.37. The molecule has 0 bridgehead atoms. The van der Waals surface area contributed by atoms with Crippen molar-refractivity contribution in [3.05, 3.63) is 18.3 Å². The lowest BCUT2D eigenvalue weighted by Gasteiger charge is -2.19. The Kier molecular flexibility index (Phi) is 2.29. The second-order valence-electron chi connectivity index (χ2n) is 3.00. The highest BCUT2D eigenvalue weighted by atomic mass is 15.2. The molecule has 0 aliphatic carbocycles. The van der Waals surface area contributed by atoms with Crippen LogP contribution in [0.15, 0.2) is 18.3 Å². The average Bonchev–Trinajstić information content (AvgIpc) is 2.06. The maximum atomic E-state index is 5.29. The molecule has 62 valence electrons. The summed E-state index contributed by atoms with van der Waals surface area (Å²) in [6.45, 7) is 3.81. The van der Waals surface area contributed by atoms with Crippen LogP contribution in [0.5, 0.6) is 0 Å². The minimum absolute atomic E-state index is 0.379. The van der Waals surface area contributed by atoms with Crippen LogP contribution in [-0.2, 0) is 0 Å². The van der Waals surface area contributed by atoms with Gasteiger partial charge in [0.25, 0.3) is 0 Å². The van der Waals surface area contributed by atoms with Gasteiger partial charge in [-0.25, -0.2) is 0 Å². The smallest absolute Gasteiger partial charge is 0.149 e. The fraction of sp³-hybridized carbons (Fsp3) is 0.333. The first-order chi connectivity index (χ1) is 5.64. The molecule has 1 aromatic heterocycles. The predicted molar refractivity (Wildman–Crippen MR) is 48.6 cm³/mol. The van der Waals surface area contributed by atoms with Crippen molar-refractivity contribution in [2.45, 2.75) is 19.4 Å². The fourth-order valence-electron chi connectivity index (χ4n) is 0.724. The van der Waals surface area contributed by atoms with Crippen LogP contribution in [0.1, 0.15) is 13.8 Å². The van der Waals surface area contributed by atoms with E-state index in [2.05, 4.69) is 21.4 Å². The number of anilines is 1. The van der Waals surface area contributed by atoms with Gasteiger partial charge in [-0.1, -0.05) is 5.92 Å². The molecule has 0 unspecified atom stereocenters. The Morgan fingerprint density at radius 1 is 1.58 bits per heavy atom. The van der Waals surface area contributed by atoms with Gasteiger partial charge < -0.3 is 5.32 Å². The van der Waals surface area contributed by atoms with E-state index in [1.54, 1.807) is 6.20 Å². The van der Waals surface area contributed by atoms with Crippen LogP contribution < -0.4 is 5.32 Å². The van der Waals surface area contributed by atoms with E-state index >= 15 is 0 Å². The largest absolute Gasteiger partial charge is 0.353 e. The molecule has 12 heavy (non-hydrogen) atoms. The Balaban J connectivity index is 2.72. The van der Waals surface area contributed by atoms with Gasteiger partial charge in [0.15, 0.2) is 0 Å². The van der Waals surface area contributed by atoms with E-state index in [4.69, 9.17) is 6.42 Å². The molecule has 3 nitrogen and oxygen atoms in total. The van der Waals surface area contributed by atoms with Crippen LogP contribution in [0.2, 0.25) is 0 Å². The van der Waals surface area contributed by atoms with Crippen molar-refractivity contribution >= 4 is 5.82 Å². The molecule has 1 aromatic rings. The summed E-state index contributed by atoms with van der Waals surface area (Å²) in [6, 6.07) is 3.63. The number of hydrogen-bond donors (Lipinski definition) is 1. The topological polar surface area (TPSA) is 37.8 Å². The maximum Gasteiger partial charge on any atom is 0.149 e. The van der Waals surface area contributed by atoms with Gasteiger partial charge in [0.1, 0.15) is 5.82 Å². The third-order valence-electron chi connectivity index (χ3n) is 1.37. The van der Waals surface area contributed by atoms with Crippen LogP contribution in [0, 0.1) is 12.3 Å². The highest BCUT2D eigenvalue weighted by molar-refractivity contribution is 5.38. The zero-order valence-electron chi connectivity index (χ0n) is 7.20. The van der Waals surface area contributed by atoms with Crippen molar-refractivity contribution in [3.8, 4) is 12.3 Å². The molecule has 0 fully saturated rings. The van der Waals surface area contributed by atoms with Crippen LogP contribution in [0.25, 0.3) is 0 Å². The first-order valence-corrected chi connectivity index (χ1v) is 3.68. The normalized spacial score (nSPS) is 10.4. The van der Waals surface area contributed by atoms with E-state index in [0.29, 0.717) is 5.82 Å². The first kappa shape index (κ1) is 8.54. The molecule has 0 amide bonds. The first-order valence-electron chi connectivity index (χ1n) is 3.68. The van der Waals surface area contributed by atoms with Gasteiger partial charge in [0, 0.05) is 6.20 Å². The summed E-state index contributed by atoms with van der Waals surface area (Å²) in [5, 5.41) is 10.6. The summed E-state index contributed by atoms with van der Waals surface area (Å²) >= 11 is 0. The second kappa shape index (κ2) is 3.22. The van der Waals surface area contributed by atoms with E-state index in [1.807, 2.05) is 26.0 Å². The molecule has 0 aliphatic rings. The van der Waals surface area contributed by atoms with Crippen LogP contribution in [0.3, 0.4) is 0 Å². The van der Waals surface area contributed by atoms with Crippen molar-refractivity contribution in [3.63, 3.8) is 0 Å². The number of nitrogens with one attached hydrogen (secondary N) is 1. The van der Waals surface area contributed by atoms with Crippen molar-refractivity contribution < 1.29 is 0 Å². The number of hydrogen-bond acceptors (Lipinski definition) is 3. The summed E-state index contributed by atoms with van der Waals surface area (Å²) in [7, 11) is 0. The highest BCUT2D eigenvalue weighted by Crippen LogP contribution is 2.09. The monoisotopic (exact) mass is 161 g/mol. The molecule has 1 heterocycles. The molecule has 0 atom stereocenters. The Labute approximate surface area is 72.2 Å². The summed E-state index contributed by atoms with van der Waals surface area (Å²) < 4.78 is 0. The molecule has 1 N–H and O–H groups in total. The Hall–Kier alpha value is -1.56. The molecule has 0 radical (unpaired) electrons. The summed E-state index contributed by atoms with van der Waals surface area (Å²) in [5.74, 6) is 3.31. The van der Waals surface area contributed by atoms with E-state index in [0.717, 1.165) is 0 Å². The van der Waals surface area contributed by atoms with Crippen LogP contribution >= 0.6 is 0 Å². The Morgan fingerprint density at radius 3 is 2.83 bits per heavy atom. The number of rotatable bonds is 2. The molecule has 0 saturated carbocycles. The van der Waals surface area contributed by atoms with Gasteiger partial charge in [-0.2, -0.15) is 5.10 Å². The predicted octanol–water partition coefficient (Wildman–Crippen LogP) is 1.30. The lowest BCUT2D eigenvalue weighted by molar-refractivity contribution is 0.731. The Bertz CT molecular complexity index is 284. The molecule has 1 rings (SSSR count). The number of terminal acetylenes is 1. The van der Waals surface area contributed by atoms with E-state index in [1.165, 1.54) is 0 Å². The lowest BCUT2D eigenvalue weighted by atomic mass is 10.1. The zero-order chi connectivity index (χ0) is 9.03. The van der Waals surface area contributed by atoms with E-state index < -0.39 is 0 Å².